The second-order valence-electron chi connectivity index (χ2n) is 5.38. The van der Waals surface area contributed by atoms with Gasteiger partial charge in [-0.15, -0.1) is 0 Å². The van der Waals surface area contributed by atoms with E-state index in [1.807, 2.05) is 48.7 Å². The van der Waals surface area contributed by atoms with Crippen molar-refractivity contribution in [3.63, 3.8) is 0 Å². The number of nitrogens with zero attached hydrogens (tertiary/aromatic N) is 2. The molecule has 0 radical (unpaired) electrons. The van der Waals surface area contributed by atoms with Crippen LogP contribution in [-0.2, 0) is 6.54 Å². The number of ether oxygens (including phenoxy) is 2. The van der Waals surface area contributed by atoms with Gasteiger partial charge >= 0.3 is 0 Å². The highest BCUT2D eigenvalue weighted by molar-refractivity contribution is 5.80. The molecule has 24 heavy (non-hydrogen) atoms. The number of hydrogen-bond acceptors (Lipinski definition) is 6. The normalized spacial score (nSPS) is 13.6. The topological polar surface area (TPSA) is 67.8 Å². The van der Waals surface area contributed by atoms with Crippen LogP contribution in [0.4, 0.5) is 0 Å². The molecule has 0 atom stereocenters. The van der Waals surface area contributed by atoms with Gasteiger partial charge in [-0.2, -0.15) is 0 Å². The summed E-state index contributed by atoms with van der Waals surface area (Å²) in [6, 6.07) is 13.6. The van der Waals surface area contributed by atoms with Crippen LogP contribution in [0.5, 0.6) is 11.6 Å². The van der Waals surface area contributed by atoms with Crippen LogP contribution in [0.3, 0.4) is 0 Å². The lowest BCUT2D eigenvalue weighted by molar-refractivity contribution is 0.212. The fourth-order valence-electron chi connectivity index (χ4n) is 2.26. The SMILES string of the molecule is c1ccc(OCCOc2ccc(CNC3=NCCCN3)cn2)cc1. The number of para-hydroxylation sites is 1. The van der Waals surface area contributed by atoms with E-state index in [4.69, 9.17) is 9.47 Å². The van der Waals surface area contributed by atoms with Crippen LogP contribution in [0.25, 0.3) is 0 Å². The van der Waals surface area contributed by atoms with E-state index in [1.165, 1.54) is 0 Å². The predicted molar refractivity (Wildman–Crippen MR) is 93.4 cm³/mol. The molecule has 0 unspecified atom stereocenters. The van der Waals surface area contributed by atoms with E-state index in [0.717, 1.165) is 36.8 Å². The molecule has 1 aromatic carbocycles. The van der Waals surface area contributed by atoms with Crippen molar-refractivity contribution in [1.29, 1.82) is 0 Å². The lowest BCUT2D eigenvalue weighted by Crippen LogP contribution is -2.40. The van der Waals surface area contributed by atoms with Gasteiger partial charge in [0, 0.05) is 31.9 Å². The first-order chi connectivity index (χ1) is 11.9. The van der Waals surface area contributed by atoms with Crippen molar-refractivity contribution in [2.75, 3.05) is 26.3 Å². The van der Waals surface area contributed by atoms with Crippen LogP contribution in [0.2, 0.25) is 0 Å². The van der Waals surface area contributed by atoms with Gasteiger partial charge in [0.2, 0.25) is 5.88 Å². The monoisotopic (exact) mass is 326 g/mol. The fraction of sp³-hybridized carbons (Fsp3) is 0.333. The van der Waals surface area contributed by atoms with E-state index < -0.39 is 0 Å². The highest BCUT2D eigenvalue weighted by Gasteiger charge is 2.03. The number of aromatic nitrogens is 1. The molecule has 0 fully saturated rings. The highest BCUT2D eigenvalue weighted by atomic mass is 16.5. The van der Waals surface area contributed by atoms with E-state index in [9.17, 15) is 0 Å². The maximum atomic E-state index is 5.58. The summed E-state index contributed by atoms with van der Waals surface area (Å²) in [5, 5.41) is 6.49. The van der Waals surface area contributed by atoms with Crippen molar-refractivity contribution in [2.24, 2.45) is 4.99 Å². The summed E-state index contributed by atoms with van der Waals surface area (Å²) in [5.74, 6) is 2.30. The molecule has 1 aromatic heterocycles. The van der Waals surface area contributed by atoms with E-state index in [0.29, 0.717) is 25.6 Å². The molecule has 0 bridgehead atoms. The number of aliphatic imine (C=N–C) groups is 1. The lowest BCUT2D eigenvalue weighted by atomic mass is 10.3. The first-order valence-corrected chi connectivity index (χ1v) is 8.18. The van der Waals surface area contributed by atoms with Crippen LogP contribution in [0, 0.1) is 0 Å². The molecule has 0 amide bonds. The standard InChI is InChI=1S/C18H22N4O2/c1-2-5-16(6-3-1)23-11-12-24-17-8-7-15(13-21-17)14-22-18-19-9-4-10-20-18/h1-3,5-8,13H,4,9-12,14H2,(H2,19,20,22). The van der Waals surface area contributed by atoms with Gasteiger partial charge in [-0.25, -0.2) is 4.98 Å². The third-order valence-electron chi connectivity index (χ3n) is 3.50. The van der Waals surface area contributed by atoms with Crippen molar-refractivity contribution < 1.29 is 9.47 Å². The summed E-state index contributed by atoms with van der Waals surface area (Å²) < 4.78 is 11.2. The summed E-state index contributed by atoms with van der Waals surface area (Å²) in [4.78, 5) is 8.68. The summed E-state index contributed by atoms with van der Waals surface area (Å²) in [7, 11) is 0. The van der Waals surface area contributed by atoms with Crippen molar-refractivity contribution in [2.45, 2.75) is 13.0 Å². The minimum absolute atomic E-state index is 0.459. The Hall–Kier alpha value is -2.76. The van der Waals surface area contributed by atoms with Gasteiger partial charge in [0.1, 0.15) is 19.0 Å². The lowest BCUT2D eigenvalue weighted by Gasteiger charge is -2.15. The Morgan fingerprint density at radius 3 is 2.67 bits per heavy atom. The van der Waals surface area contributed by atoms with Gasteiger partial charge in [0.25, 0.3) is 0 Å². The largest absolute Gasteiger partial charge is 0.490 e. The number of guanidine groups is 1. The Morgan fingerprint density at radius 1 is 1.04 bits per heavy atom. The molecule has 0 saturated carbocycles. The van der Waals surface area contributed by atoms with Crippen LogP contribution in [0.1, 0.15) is 12.0 Å². The van der Waals surface area contributed by atoms with E-state index in [-0.39, 0.29) is 0 Å². The minimum Gasteiger partial charge on any atom is -0.490 e. The number of hydrogen-bond donors (Lipinski definition) is 2. The molecule has 6 heteroatoms. The first kappa shape index (κ1) is 16.1. The van der Waals surface area contributed by atoms with Gasteiger partial charge in [-0.3, -0.25) is 4.99 Å². The van der Waals surface area contributed by atoms with Crippen molar-refractivity contribution in [3.8, 4) is 11.6 Å². The van der Waals surface area contributed by atoms with Crippen molar-refractivity contribution in [1.82, 2.24) is 15.6 Å². The van der Waals surface area contributed by atoms with Crippen LogP contribution >= 0.6 is 0 Å². The van der Waals surface area contributed by atoms with Gasteiger partial charge in [0.05, 0.1) is 0 Å². The van der Waals surface area contributed by atoms with Crippen molar-refractivity contribution in [3.05, 3.63) is 54.2 Å². The molecule has 1 aliphatic heterocycles. The third-order valence-corrected chi connectivity index (χ3v) is 3.50. The molecule has 2 heterocycles. The Morgan fingerprint density at radius 2 is 1.92 bits per heavy atom. The second kappa shape index (κ2) is 8.76. The molecule has 1 aliphatic rings. The zero-order valence-corrected chi connectivity index (χ0v) is 13.6. The maximum absolute atomic E-state index is 5.58. The van der Waals surface area contributed by atoms with E-state index >= 15 is 0 Å². The Labute approximate surface area is 141 Å². The average molecular weight is 326 g/mol. The molecule has 0 saturated heterocycles. The zero-order valence-electron chi connectivity index (χ0n) is 13.6. The Bertz CT molecular complexity index is 644. The summed E-state index contributed by atoms with van der Waals surface area (Å²) in [5.41, 5.74) is 1.08. The van der Waals surface area contributed by atoms with Gasteiger partial charge in [0.15, 0.2) is 5.96 Å². The minimum atomic E-state index is 0.459. The van der Waals surface area contributed by atoms with E-state index in [1.54, 1.807) is 0 Å². The molecule has 0 aliphatic carbocycles. The molecular weight excluding hydrogens is 304 g/mol. The number of rotatable bonds is 7. The smallest absolute Gasteiger partial charge is 0.213 e. The number of benzene rings is 1. The molecule has 3 rings (SSSR count). The molecule has 2 N–H and O–H groups in total. The predicted octanol–water partition coefficient (Wildman–Crippen LogP) is 1.98. The highest BCUT2D eigenvalue weighted by Crippen LogP contribution is 2.09. The number of pyridine rings is 1. The Balaban J connectivity index is 1.37. The van der Waals surface area contributed by atoms with Crippen LogP contribution in [0.15, 0.2) is 53.7 Å². The van der Waals surface area contributed by atoms with Gasteiger partial charge in [-0.1, -0.05) is 24.3 Å². The maximum Gasteiger partial charge on any atom is 0.213 e. The summed E-state index contributed by atoms with van der Waals surface area (Å²) in [6.07, 6.45) is 2.90. The van der Waals surface area contributed by atoms with Gasteiger partial charge in [-0.05, 0) is 24.1 Å². The zero-order chi connectivity index (χ0) is 16.5. The summed E-state index contributed by atoms with van der Waals surface area (Å²) in [6.45, 7) is 3.49. The average Bonchev–Trinajstić information content (AvgIpc) is 2.66. The molecule has 2 aromatic rings. The number of nitrogens with one attached hydrogen (secondary N) is 2. The molecular formula is C18H22N4O2. The van der Waals surface area contributed by atoms with Gasteiger partial charge < -0.3 is 20.1 Å². The fourth-order valence-corrected chi connectivity index (χ4v) is 2.26. The van der Waals surface area contributed by atoms with E-state index in [2.05, 4.69) is 20.6 Å². The Kier molecular flexibility index (Phi) is 5.88. The van der Waals surface area contributed by atoms with Crippen LogP contribution < -0.4 is 20.1 Å². The molecule has 0 spiro atoms. The second-order valence-corrected chi connectivity index (χ2v) is 5.38. The van der Waals surface area contributed by atoms with Crippen molar-refractivity contribution >= 4 is 5.96 Å². The quantitative estimate of drug-likeness (QED) is 0.762. The summed E-state index contributed by atoms with van der Waals surface area (Å²) >= 11 is 0. The first-order valence-electron chi connectivity index (χ1n) is 8.18. The molecule has 126 valence electrons. The van der Waals surface area contributed by atoms with Crippen LogP contribution in [-0.4, -0.2) is 37.2 Å². The molecule has 6 nitrogen and oxygen atoms in total. The third kappa shape index (κ3) is 5.15.